The zero-order valence-corrected chi connectivity index (χ0v) is 18.4. The number of amides is 1. The fourth-order valence-corrected chi connectivity index (χ4v) is 3.96. The topological polar surface area (TPSA) is 105 Å². The molecule has 2 aromatic heterocycles. The molecule has 9 nitrogen and oxygen atoms in total. The molecule has 0 unspecified atom stereocenters. The van der Waals surface area contributed by atoms with Crippen LogP contribution in [0.2, 0.25) is 0 Å². The number of carbonyl (C=O) groups is 1. The first-order valence-electron chi connectivity index (χ1n) is 10.3. The molecular weight excluding hydrogens is 394 g/mol. The second-order valence-corrected chi connectivity index (χ2v) is 8.01. The standard InChI is InChI=1S/C22H27N7O2/c1-12-10-29(11-13(2)25-12)18-7-6-16(20-17(18)8-24-22(28-20)31-5)21(30)27-19-9-23-14(3)15(4)26-19/h6-9,12-13,25H,10-11H2,1-5H3,(H,26,27,30)/t12-,13+. The minimum Gasteiger partial charge on any atom is -0.467 e. The van der Waals surface area contributed by atoms with Crippen molar-refractivity contribution in [2.75, 3.05) is 30.4 Å². The summed E-state index contributed by atoms with van der Waals surface area (Å²) in [7, 11) is 1.51. The molecule has 1 aliphatic rings. The van der Waals surface area contributed by atoms with Gasteiger partial charge in [-0.3, -0.25) is 9.78 Å². The molecule has 0 spiro atoms. The van der Waals surface area contributed by atoms with Crippen molar-refractivity contribution in [3.05, 3.63) is 41.5 Å². The smallest absolute Gasteiger partial charge is 0.316 e. The molecule has 1 aliphatic heterocycles. The van der Waals surface area contributed by atoms with Gasteiger partial charge in [0.2, 0.25) is 0 Å². The molecule has 0 saturated carbocycles. The molecule has 4 rings (SSSR count). The first-order chi connectivity index (χ1) is 14.9. The van der Waals surface area contributed by atoms with E-state index in [-0.39, 0.29) is 11.9 Å². The highest BCUT2D eigenvalue weighted by molar-refractivity contribution is 6.13. The summed E-state index contributed by atoms with van der Waals surface area (Å²) in [6.45, 7) is 9.77. The fraction of sp³-hybridized carbons (Fsp3) is 0.409. The van der Waals surface area contributed by atoms with Crippen molar-refractivity contribution in [1.29, 1.82) is 0 Å². The largest absolute Gasteiger partial charge is 0.467 e. The number of anilines is 2. The summed E-state index contributed by atoms with van der Waals surface area (Å²) in [5.74, 6) is 0.0907. The third-order valence-electron chi connectivity index (χ3n) is 5.46. The number of methoxy groups -OCH3 is 1. The van der Waals surface area contributed by atoms with Gasteiger partial charge in [0.1, 0.15) is 0 Å². The number of rotatable bonds is 4. The summed E-state index contributed by atoms with van der Waals surface area (Å²) in [5.41, 5.74) is 3.56. The van der Waals surface area contributed by atoms with Crippen LogP contribution in [0, 0.1) is 13.8 Å². The van der Waals surface area contributed by atoms with E-state index in [0.717, 1.165) is 35.6 Å². The normalized spacial score (nSPS) is 18.8. The predicted octanol–water partition coefficient (Wildman–Crippen LogP) is 2.48. The Labute approximate surface area is 181 Å². The van der Waals surface area contributed by atoms with Crippen LogP contribution < -0.4 is 20.3 Å². The van der Waals surface area contributed by atoms with Crippen LogP contribution in [-0.2, 0) is 0 Å². The highest BCUT2D eigenvalue weighted by Gasteiger charge is 2.24. The van der Waals surface area contributed by atoms with Crippen LogP contribution >= 0.6 is 0 Å². The second kappa shape index (κ2) is 8.43. The Balaban J connectivity index is 1.75. The van der Waals surface area contributed by atoms with Crippen LogP contribution in [0.15, 0.2) is 24.5 Å². The zero-order valence-electron chi connectivity index (χ0n) is 18.4. The summed E-state index contributed by atoms with van der Waals surface area (Å²) in [6.07, 6.45) is 3.27. The van der Waals surface area contributed by atoms with Crippen molar-refractivity contribution < 1.29 is 9.53 Å². The number of carbonyl (C=O) groups excluding carboxylic acids is 1. The Hall–Kier alpha value is -3.33. The van der Waals surface area contributed by atoms with E-state index >= 15 is 0 Å². The maximum absolute atomic E-state index is 13.1. The molecule has 1 aromatic carbocycles. The first-order valence-corrected chi connectivity index (χ1v) is 10.3. The van der Waals surface area contributed by atoms with Gasteiger partial charge >= 0.3 is 6.01 Å². The van der Waals surface area contributed by atoms with E-state index in [4.69, 9.17) is 4.74 Å². The third-order valence-corrected chi connectivity index (χ3v) is 5.46. The van der Waals surface area contributed by atoms with E-state index < -0.39 is 0 Å². The summed E-state index contributed by atoms with van der Waals surface area (Å²) in [5, 5.41) is 7.18. The first kappa shape index (κ1) is 20.9. The number of benzene rings is 1. The van der Waals surface area contributed by atoms with Gasteiger partial charge in [-0.15, -0.1) is 0 Å². The van der Waals surface area contributed by atoms with E-state index in [9.17, 15) is 4.79 Å². The predicted molar refractivity (Wildman–Crippen MR) is 120 cm³/mol. The Bertz CT molecular complexity index is 1120. The number of nitrogens with one attached hydrogen (secondary N) is 2. The lowest BCUT2D eigenvalue weighted by Crippen LogP contribution is -2.54. The lowest BCUT2D eigenvalue weighted by Gasteiger charge is -2.38. The van der Waals surface area contributed by atoms with Gasteiger partial charge in [-0.25, -0.2) is 9.97 Å². The Morgan fingerprint density at radius 2 is 1.84 bits per heavy atom. The molecular formula is C22H27N7O2. The number of aromatic nitrogens is 4. The van der Waals surface area contributed by atoms with Gasteiger partial charge in [-0.05, 0) is 39.8 Å². The summed E-state index contributed by atoms with van der Waals surface area (Å²) in [4.78, 5) is 32.9. The molecule has 0 bridgehead atoms. The third kappa shape index (κ3) is 4.27. The van der Waals surface area contributed by atoms with Crippen molar-refractivity contribution in [2.24, 2.45) is 0 Å². The fourth-order valence-electron chi connectivity index (χ4n) is 3.96. The Morgan fingerprint density at radius 1 is 1.10 bits per heavy atom. The minimum atomic E-state index is -0.308. The van der Waals surface area contributed by atoms with Crippen molar-refractivity contribution in [3.8, 4) is 6.01 Å². The number of fused-ring (bicyclic) bond motifs is 1. The lowest BCUT2D eigenvalue weighted by molar-refractivity contribution is 0.102. The number of nitrogens with zero attached hydrogens (tertiary/aromatic N) is 5. The molecule has 2 atom stereocenters. The molecule has 31 heavy (non-hydrogen) atoms. The van der Waals surface area contributed by atoms with Crippen LogP contribution in [0.25, 0.3) is 10.9 Å². The molecule has 1 saturated heterocycles. The van der Waals surface area contributed by atoms with Gasteiger partial charge in [-0.2, -0.15) is 4.98 Å². The summed E-state index contributed by atoms with van der Waals surface area (Å²) < 4.78 is 5.22. The highest BCUT2D eigenvalue weighted by Crippen LogP contribution is 2.30. The Morgan fingerprint density at radius 3 is 2.52 bits per heavy atom. The quantitative estimate of drug-likeness (QED) is 0.662. The maximum Gasteiger partial charge on any atom is 0.316 e. The van der Waals surface area contributed by atoms with Crippen molar-refractivity contribution >= 4 is 28.3 Å². The lowest BCUT2D eigenvalue weighted by atomic mass is 10.0. The van der Waals surface area contributed by atoms with Gasteiger partial charge < -0.3 is 20.3 Å². The van der Waals surface area contributed by atoms with Gasteiger partial charge in [0.15, 0.2) is 5.82 Å². The molecule has 1 amide bonds. The number of hydrogen-bond acceptors (Lipinski definition) is 8. The van der Waals surface area contributed by atoms with Gasteiger partial charge in [0.05, 0.1) is 35.8 Å². The van der Waals surface area contributed by atoms with Crippen LogP contribution in [0.5, 0.6) is 6.01 Å². The summed E-state index contributed by atoms with van der Waals surface area (Å²) >= 11 is 0. The van der Waals surface area contributed by atoms with E-state index in [1.54, 1.807) is 18.5 Å². The van der Waals surface area contributed by atoms with E-state index in [1.165, 1.54) is 7.11 Å². The van der Waals surface area contributed by atoms with E-state index in [1.807, 2.05) is 19.9 Å². The molecule has 0 aliphatic carbocycles. The van der Waals surface area contributed by atoms with Gasteiger partial charge in [0, 0.05) is 42.4 Å². The van der Waals surface area contributed by atoms with E-state index in [0.29, 0.717) is 29.0 Å². The van der Waals surface area contributed by atoms with Crippen LogP contribution in [0.3, 0.4) is 0 Å². The van der Waals surface area contributed by atoms with Crippen molar-refractivity contribution in [1.82, 2.24) is 25.3 Å². The average Bonchev–Trinajstić information content (AvgIpc) is 2.74. The number of hydrogen-bond donors (Lipinski definition) is 2. The molecule has 3 heterocycles. The van der Waals surface area contributed by atoms with Crippen molar-refractivity contribution in [3.63, 3.8) is 0 Å². The van der Waals surface area contributed by atoms with E-state index in [2.05, 4.69) is 49.3 Å². The molecule has 162 valence electrons. The number of piperazine rings is 1. The molecule has 9 heteroatoms. The van der Waals surface area contributed by atoms with Crippen LogP contribution in [0.4, 0.5) is 11.5 Å². The highest BCUT2D eigenvalue weighted by atomic mass is 16.5. The number of ether oxygens (including phenoxy) is 1. The van der Waals surface area contributed by atoms with Crippen molar-refractivity contribution in [2.45, 2.75) is 39.8 Å². The van der Waals surface area contributed by atoms with Gasteiger partial charge in [0.25, 0.3) is 5.91 Å². The molecule has 3 aromatic rings. The Kier molecular flexibility index (Phi) is 5.69. The molecule has 2 N–H and O–H groups in total. The molecule has 0 radical (unpaired) electrons. The second-order valence-electron chi connectivity index (χ2n) is 8.01. The average molecular weight is 422 g/mol. The van der Waals surface area contributed by atoms with Crippen LogP contribution in [0.1, 0.15) is 35.6 Å². The van der Waals surface area contributed by atoms with Crippen LogP contribution in [-0.4, -0.2) is 58.1 Å². The zero-order chi connectivity index (χ0) is 22.1. The maximum atomic E-state index is 13.1. The summed E-state index contributed by atoms with van der Waals surface area (Å²) in [6, 6.07) is 4.68. The number of aryl methyl sites for hydroxylation is 2. The van der Waals surface area contributed by atoms with Gasteiger partial charge in [-0.1, -0.05) is 0 Å². The SMILES string of the molecule is COc1ncc2c(N3C[C@@H](C)N[C@@H](C)C3)ccc(C(=O)Nc3cnc(C)c(C)n3)c2n1. The monoisotopic (exact) mass is 421 g/mol. The molecule has 1 fully saturated rings. The minimum absolute atomic E-state index is 0.215.